The number of Topliss-reactive ketones (excluding diaryl/α,β-unsaturated/α-hetero) is 1. The van der Waals surface area contributed by atoms with Crippen molar-refractivity contribution in [3.05, 3.63) is 12.0 Å². The quantitative estimate of drug-likeness (QED) is 0.825. The molecule has 6 nitrogen and oxygen atoms in total. The third kappa shape index (κ3) is 2.57. The molecule has 106 valence electrons. The Hall–Kier alpha value is -1.21. The third-order valence-corrected chi connectivity index (χ3v) is 5.36. The van der Waals surface area contributed by atoms with E-state index in [9.17, 15) is 13.2 Å². The van der Waals surface area contributed by atoms with E-state index in [1.54, 1.807) is 18.5 Å². The van der Waals surface area contributed by atoms with Gasteiger partial charge in [0.15, 0.2) is 5.03 Å². The first-order valence-corrected chi connectivity index (χ1v) is 7.80. The van der Waals surface area contributed by atoms with Gasteiger partial charge in [-0.3, -0.25) is 4.79 Å². The van der Waals surface area contributed by atoms with Gasteiger partial charge < -0.3 is 4.57 Å². The van der Waals surface area contributed by atoms with Crippen molar-refractivity contribution in [2.24, 2.45) is 7.05 Å². The van der Waals surface area contributed by atoms with Gasteiger partial charge in [-0.15, -0.1) is 0 Å². The van der Waals surface area contributed by atoms with Crippen molar-refractivity contribution in [1.29, 1.82) is 0 Å². The van der Waals surface area contributed by atoms with Gasteiger partial charge in [0.25, 0.3) is 10.0 Å². The number of rotatable bonds is 3. The predicted molar refractivity (Wildman–Crippen MR) is 70.2 cm³/mol. The van der Waals surface area contributed by atoms with Crippen LogP contribution in [0.1, 0.15) is 32.0 Å². The number of aromatic nitrogens is 2. The highest BCUT2D eigenvalue weighted by molar-refractivity contribution is 7.89. The summed E-state index contributed by atoms with van der Waals surface area (Å²) in [4.78, 5) is 15.7. The Bertz CT molecular complexity index is 572. The molecule has 0 spiro atoms. The predicted octanol–water partition coefficient (Wildman–Crippen LogP) is 0.861. The second-order valence-electron chi connectivity index (χ2n) is 4.98. The van der Waals surface area contributed by atoms with Crippen molar-refractivity contribution in [2.45, 2.75) is 44.2 Å². The van der Waals surface area contributed by atoms with Crippen LogP contribution >= 0.6 is 0 Å². The number of aryl methyl sites for hydroxylation is 2. The van der Waals surface area contributed by atoms with Gasteiger partial charge in [0.2, 0.25) is 0 Å². The summed E-state index contributed by atoms with van der Waals surface area (Å²) < 4.78 is 28.1. The van der Waals surface area contributed by atoms with Gasteiger partial charge in [-0.1, -0.05) is 6.42 Å². The van der Waals surface area contributed by atoms with Gasteiger partial charge >= 0.3 is 0 Å². The summed E-state index contributed by atoms with van der Waals surface area (Å²) >= 11 is 0. The zero-order valence-electron chi connectivity index (χ0n) is 11.5. The average molecular weight is 285 g/mol. The Balaban J connectivity index is 2.39. The summed E-state index contributed by atoms with van der Waals surface area (Å²) in [6.07, 6.45) is 3.77. The first kappa shape index (κ1) is 14.2. The normalized spacial score (nSPS) is 21.5. The molecule has 0 saturated carbocycles. The molecule has 1 fully saturated rings. The van der Waals surface area contributed by atoms with Crippen LogP contribution in [0.25, 0.3) is 0 Å². The van der Waals surface area contributed by atoms with E-state index in [1.807, 2.05) is 0 Å². The fourth-order valence-corrected chi connectivity index (χ4v) is 4.11. The molecule has 19 heavy (non-hydrogen) atoms. The van der Waals surface area contributed by atoms with Crippen LogP contribution in [0, 0.1) is 6.92 Å². The Morgan fingerprint density at radius 2 is 2.11 bits per heavy atom. The second kappa shape index (κ2) is 5.05. The van der Waals surface area contributed by atoms with E-state index < -0.39 is 16.1 Å². The van der Waals surface area contributed by atoms with Crippen LogP contribution in [0.2, 0.25) is 0 Å². The molecule has 1 aromatic heterocycles. The lowest BCUT2D eigenvalue weighted by Gasteiger charge is -2.32. The lowest BCUT2D eigenvalue weighted by Crippen LogP contribution is -2.47. The topological polar surface area (TPSA) is 72.3 Å². The number of ketones is 1. The van der Waals surface area contributed by atoms with E-state index in [0.29, 0.717) is 18.8 Å². The number of hydrogen-bond donors (Lipinski definition) is 0. The van der Waals surface area contributed by atoms with Crippen LogP contribution in [0.5, 0.6) is 0 Å². The number of carbonyl (C=O) groups is 1. The van der Waals surface area contributed by atoms with E-state index >= 15 is 0 Å². The molecule has 1 unspecified atom stereocenters. The van der Waals surface area contributed by atoms with Crippen molar-refractivity contribution in [3.63, 3.8) is 0 Å². The maximum absolute atomic E-state index is 12.6. The number of hydrogen-bond acceptors (Lipinski definition) is 4. The molecule has 0 radical (unpaired) electrons. The molecule has 1 atom stereocenters. The van der Waals surface area contributed by atoms with E-state index in [4.69, 9.17) is 0 Å². The minimum atomic E-state index is -3.68. The lowest BCUT2D eigenvalue weighted by molar-refractivity contribution is -0.121. The van der Waals surface area contributed by atoms with E-state index in [0.717, 1.165) is 12.8 Å². The monoisotopic (exact) mass is 285 g/mol. The Morgan fingerprint density at radius 1 is 1.42 bits per heavy atom. The number of nitrogens with zero attached hydrogens (tertiary/aromatic N) is 3. The van der Waals surface area contributed by atoms with Crippen LogP contribution in [0.4, 0.5) is 0 Å². The fraction of sp³-hybridized carbons (Fsp3) is 0.667. The molecule has 1 aromatic rings. The largest absolute Gasteiger partial charge is 0.337 e. The smallest absolute Gasteiger partial charge is 0.262 e. The van der Waals surface area contributed by atoms with E-state index in [-0.39, 0.29) is 10.8 Å². The van der Waals surface area contributed by atoms with Gasteiger partial charge in [-0.05, 0) is 26.7 Å². The van der Waals surface area contributed by atoms with Crippen LogP contribution in [-0.2, 0) is 21.9 Å². The molecule has 2 heterocycles. The Labute approximate surface area is 113 Å². The standard InChI is InChI=1S/C12H19N3O3S/c1-9(16)11-6-4-5-7-15(11)19(17,18)12-8-14(3)10(2)13-12/h8,11H,4-7H2,1-3H3. The number of imidazole rings is 1. The molecule has 0 amide bonds. The Kier molecular flexibility index (Phi) is 3.78. The lowest BCUT2D eigenvalue weighted by atomic mass is 10.0. The first-order valence-electron chi connectivity index (χ1n) is 6.36. The highest BCUT2D eigenvalue weighted by Gasteiger charge is 2.37. The maximum atomic E-state index is 12.6. The van der Waals surface area contributed by atoms with Crippen molar-refractivity contribution in [1.82, 2.24) is 13.9 Å². The molecule has 2 rings (SSSR count). The zero-order chi connectivity index (χ0) is 14.2. The molecule has 7 heteroatoms. The first-order chi connectivity index (χ1) is 8.84. The van der Waals surface area contributed by atoms with Crippen molar-refractivity contribution in [2.75, 3.05) is 6.54 Å². The molecular formula is C12H19N3O3S. The SMILES string of the molecule is CC(=O)C1CCCCN1S(=O)(=O)c1cn(C)c(C)n1. The fourth-order valence-electron chi connectivity index (χ4n) is 2.37. The third-order valence-electron chi connectivity index (χ3n) is 3.58. The van der Waals surface area contributed by atoms with Crippen LogP contribution in [-0.4, -0.2) is 40.6 Å². The molecule has 1 saturated heterocycles. The molecule has 0 bridgehead atoms. The molecule has 0 aromatic carbocycles. The van der Waals surface area contributed by atoms with Gasteiger partial charge in [-0.2, -0.15) is 4.31 Å². The second-order valence-corrected chi connectivity index (χ2v) is 6.81. The number of sulfonamides is 1. The van der Waals surface area contributed by atoms with Crippen molar-refractivity contribution < 1.29 is 13.2 Å². The summed E-state index contributed by atoms with van der Waals surface area (Å²) in [5.41, 5.74) is 0. The molecule has 0 N–H and O–H groups in total. The summed E-state index contributed by atoms with van der Waals surface area (Å²) in [5.74, 6) is 0.533. The Morgan fingerprint density at radius 3 is 2.63 bits per heavy atom. The van der Waals surface area contributed by atoms with Crippen LogP contribution in [0.15, 0.2) is 11.2 Å². The van der Waals surface area contributed by atoms with E-state index in [1.165, 1.54) is 17.4 Å². The van der Waals surface area contributed by atoms with Crippen molar-refractivity contribution in [3.8, 4) is 0 Å². The maximum Gasteiger partial charge on any atom is 0.262 e. The summed E-state index contributed by atoms with van der Waals surface area (Å²) in [7, 11) is -1.93. The van der Waals surface area contributed by atoms with Gasteiger partial charge in [-0.25, -0.2) is 13.4 Å². The highest BCUT2D eigenvalue weighted by atomic mass is 32.2. The number of piperidine rings is 1. The zero-order valence-corrected chi connectivity index (χ0v) is 12.3. The summed E-state index contributed by atoms with van der Waals surface area (Å²) in [6, 6.07) is -0.541. The number of carbonyl (C=O) groups excluding carboxylic acids is 1. The van der Waals surface area contributed by atoms with E-state index in [2.05, 4.69) is 4.98 Å². The minimum absolute atomic E-state index is 0.0284. The van der Waals surface area contributed by atoms with Gasteiger partial charge in [0, 0.05) is 19.8 Å². The van der Waals surface area contributed by atoms with Gasteiger partial charge in [0.1, 0.15) is 11.6 Å². The molecule has 1 aliphatic heterocycles. The van der Waals surface area contributed by atoms with Gasteiger partial charge in [0.05, 0.1) is 6.04 Å². The summed E-state index contributed by atoms with van der Waals surface area (Å²) in [6.45, 7) is 3.59. The average Bonchev–Trinajstić information content (AvgIpc) is 2.70. The van der Waals surface area contributed by atoms with Crippen molar-refractivity contribution >= 4 is 15.8 Å². The van der Waals surface area contributed by atoms with Crippen LogP contribution < -0.4 is 0 Å². The minimum Gasteiger partial charge on any atom is -0.337 e. The summed E-state index contributed by atoms with van der Waals surface area (Å²) in [5, 5.41) is 0.0284. The highest BCUT2D eigenvalue weighted by Crippen LogP contribution is 2.25. The molecular weight excluding hydrogens is 266 g/mol. The molecule has 0 aliphatic carbocycles. The van der Waals surface area contributed by atoms with Crippen LogP contribution in [0.3, 0.4) is 0 Å². The molecule has 1 aliphatic rings.